The van der Waals surface area contributed by atoms with Gasteiger partial charge in [-0.15, -0.1) is 0 Å². The van der Waals surface area contributed by atoms with E-state index in [1.54, 1.807) is 0 Å². The first-order chi connectivity index (χ1) is 17.7. The lowest BCUT2D eigenvalue weighted by Gasteiger charge is -2.27. The van der Waals surface area contributed by atoms with Crippen molar-refractivity contribution in [3.63, 3.8) is 0 Å². The summed E-state index contributed by atoms with van der Waals surface area (Å²) in [5, 5.41) is 3.87. The molecule has 1 N–H and O–H groups in total. The lowest BCUT2D eigenvalue weighted by atomic mass is 9.87. The standard InChI is InChI=1S/C33H42N2O/c1-4-24-13-10-14-25(5-2)33(24)31-22-32(36-27-16-7-8-17-27)28(23(3)35-31)20-21-34-30-19-11-15-26-12-6-9-18-29(26)30/h6,9-10,12-14,18,22,27,30,34H,4-5,7-8,11,15-17,19-21H2,1-3H3/t30-/m0/s1. The molecule has 0 spiro atoms. The molecule has 1 saturated carbocycles. The van der Waals surface area contributed by atoms with Crippen molar-refractivity contribution in [3.8, 4) is 17.0 Å². The Morgan fingerprint density at radius 3 is 2.42 bits per heavy atom. The second kappa shape index (κ2) is 11.6. The molecule has 3 heteroatoms. The van der Waals surface area contributed by atoms with Gasteiger partial charge in [0.1, 0.15) is 5.75 Å². The summed E-state index contributed by atoms with van der Waals surface area (Å²) in [6.07, 6.45) is 11.9. The number of benzene rings is 2. The number of rotatable bonds is 9. The van der Waals surface area contributed by atoms with Crippen molar-refractivity contribution in [1.82, 2.24) is 10.3 Å². The number of hydrogen-bond acceptors (Lipinski definition) is 3. The van der Waals surface area contributed by atoms with Gasteiger partial charge in [0.05, 0.1) is 11.8 Å². The fourth-order valence-corrected chi connectivity index (χ4v) is 6.30. The molecule has 0 amide bonds. The normalized spacial score (nSPS) is 17.8. The van der Waals surface area contributed by atoms with Crippen LogP contribution in [0, 0.1) is 6.92 Å². The highest BCUT2D eigenvalue weighted by atomic mass is 16.5. The average molecular weight is 483 g/mol. The fourth-order valence-electron chi connectivity index (χ4n) is 6.30. The molecule has 0 unspecified atom stereocenters. The maximum absolute atomic E-state index is 6.73. The zero-order valence-electron chi connectivity index (χ0n) is 22.4. The van der Waals surface area contributed by atoms with E-state index >= 15 is 0 Å². The van der Waals surface area contributed by atoms with Crippen molar-refractivity contribution >= 4 is 0 Å². The van der Waals surface area contributed by atoms with Gasteiger partial charge in [-0.3, -0.25) is 4.98 Å². The van der Waals surface area contributed by atoms with Crippen LogP contribution in [0.1, 0.15) is 91.9 Å². The Balaban J connectivity index is 1.42. The minimum Gasteiger partial charge on any atom is -0.490 e. The number of fused-ring (bicyclic) bond motifs is 1. The molecule has 0 bridgehead atoms. The van der Waals surface area contributed by atoms with E-state index in [2.05, 4.69) is 74.6 Å². The number of nitrogens with one attached hydrogen (secondary N) is 1. The van der Waals surface area contributed by atoms with E-state index in [9.17, 15) is 0 Å². The molecule has 5 rings (SSSR count). The van der Waals surface area contributed by atoms with Gasteiger partial charge in [-0.05, 0) is 99.9 Å². The van der Waals surface area contributed by atoms with Crippen LogP contribution < -0.4 is 10.1 Å². The third-order valence-corrected chi connectivity index (χ3v) is 8.28. The lowest BCUT2D eigenvalue weighted by Crippen LogP contribution is -2.27. The molecule has 3 nitrogen and oxygen atoms in total. The van der Waals surface area contributed by atoms with Crippen LogP contribution in [0.25, 0.3) is 11.3 Å². The Morgan fingerprint density at radius 2 is 1.67 bits per heavy atom. The second-order valence-electron chi connectivity index (χ2n) is 10.6. The summed E-state index contributed by atoms with van der Waals surface area (Å²) in [5.41, 5.74) is 10.5. The molecule has 36 heavy (non-hydrogen) atoms. The first-order valence-electron chi connectivity index (χ1n) is 14.3. The van der Waals surface area contributed by atoms with Crippen molar-refractivity contribution in [2.24, 2.45) is 0 Å². The Bertz CT molecular complexity index is 1160. The van der Waals surface area contributed by atoms with Crippen LogP contribution in [-0.2, 0) is 25.7 Å². The van der Waals surface area contributed by atoms with Crippen LogP contribution in [0.3, 0.4) is 0 Å². The van der Waals surface area contributed by atoms with Gasteiger partial charge < -0.3 is 10.1 Å². The minimum absolute atomic E-state index is 0.337. The molecule has 2 aromatic carbocycles. The molecule has 0 radical (unpaired) electrons. The van der Waals surface area contributed by atoms with Crippen LogP contribution in [0.15, 0.2) is 48.5 Å². The van der Waals surface area contributed by atoms with Gasteiger partial charge >= 0.3 is 0 Å². The predicted octanol–water partition coefficient (Wildman–Crippen LogP) is 7.71. The second-order valence-corrected chi connectivity index (χ2v) is 10.6. The van der Waals surface area contributed by atoms with Crippen molar-refractivity contribution in [2.45, 2.75) is 97.1 Å². The minimum atomic E-state index is 0.337. The summed E-state index contributed by atoms with van der Waals surface area (Å²) in [5.74, 6) is 1.06. The molecule has 1 atom stereocenters. The zero-order valence-corrected chi connectivity index (χ0v) is 22.4. The highest BCUT2D eigenvalue weighted by Gasteiger charge is 2.23. The first kappa shape index (κ1) is 25.0. The van der Waals surface area contributed by atoms with Crippen LogP contribution in [0.2, 0.25) is 0 Å². The number of ether oxygens (including phenoxy) is 1. The molecule has 2 aliphatic carbocycles. The third-order valence-electron chi connectivity index (χ3n) is 8.28. The largest absolute Gasteiger partial charge is 0.490 e. The highest BCUT2D eigenvalue weighted by Crippen LogP contribution is 2.35. The Kier molecular flexibility index (Phi) is 8.06. The summed E-state index contributed by atoms with van der Waals surface area (Å²) >= 11 is 0. The van der Waals surface area contributed by atoms with E-state index in [0.717, 1.165) is 42.9 Å². The SMILES string of the molecule is CCc1cccc(CC)c1-c1cc(OC2CCCC2)c(CCN[C@H]2CCCc3ccccc32)c(C)n1. The van der Waals surface area contributed by atoms with Crippen molar-refractivity contribution in [1.29, 1.82) is 0 Å². The van der Waals surface area contributed by atoms with E-state index in [1.165, 1.54) is 78.3 Å². The maximum Gasteiger partial charge on any atom is 0.126 e. The zero-order chi connectivity index (χ0) is 24.9. The van der Waals surface area contributed by atoms with E-state index in [1.807, 2.05) is 0 Å². The van der Waals surface area contributed by atoms with Crippen molar-refractivity contribution < 1.29 is 4.74 Å². The van der Waals surface area contributed by atoms with E-state index in [0.29, 0.717) is 12.1 Å². The first-order valence-corrected chi connectivity index (χ1v) is 14.3. The van der Waals surface area contributed by atoms with Gasteiger partial charge in [-0.1, -0.05) is 56.3 Å². The van der Waals surface area contributed by atoms with Gasteiger partial charge in [-0.2, -0.15) is 0 Å². The Labute approximate surface area is 217 Å². The molecule has 0 saturated heterocycles. The molecule has 1 fully saturated rings. The quantitative estimate of drug-likeness (QED) is 0.339. The molecule has 1 heterocycles. The number of aryl methyl sites for hydroxylation is 4. The average Bonchev–Trinajstić information content (AvgIpc) is 3.42. The fraction of sp³-hybridized carbons (Fsp3) is 0.485. The van der Waals surface area contributed by atoms with E-state index in [4.69, 9.17) is 9.72 Å². The predicted molar refractivity (Wildman–Crippen MR) is 150 cm³/mol. The van der Waals surface area contributed by atoms with Gasteiger partial charge in [0.15, 0.2) is 0 Å². The van der Waals surface area contributed by atoms with Gasteiger partial charge in [-0.25, -0.2) is 0 Å². The molecular formula is C33H42N2O. The van der Waals surface area contributed by atoms with Gasteiger partial charge in [0.2, 0.25) is 0 Å². The summed E-state index contributed by atoms with van der Waals surface area (Å²) in [4.78, 5) is 5.19. The monoisotopic (exact) mass is 482 g/mol. The summed E-state index contributed by atoms with van der Waals surface area (Å²) in [6.45, 7) is 7.60. The molecule has 0 aliphatic heterocycles. The van der Waals surface area contributed by atoms with Crippen LogP contribution in [0.4, 0.5) is 0 Å². The van der Waals surface area contributed by atoms with Crippen molar-refractivity contribution in [2.75, 3.05) is 6.54 Å². The number of hydrogen-bond donors (Lipinski definition) is 1. The number of aromatic nitrogens is 1. The third kappa shape index (κ3) is 5.37. The number of nitrogens with zero attached hydrogens (tertiary/aromatic N) is 1. The van der Waals surface area contributed by atoms with Crippen LogP contribution in [0.5, 0.6) is 5.75 Å². The van der Waals surface area contributed by atoms with Gasteiger partial charge in [0, 0.05) is 28.9 Å². The topological polar surface area (TPSA) is 34.1 Å². The van der Waals surface area contributed by atoms with Crippen LogP contribution in [-0.4, -0.2) is 17.6 Å². The van der Waals surface area contributed by atoms with Gasteiger partial charge in [0.25, 0.3) is 0 Å². The van der Waals surface area contributed by atoms with Crippen LogP contribution >= 0.6 is 0 Å². The van der Waals surface area contributed by atoms with Crippen molar-refractivity contribution in [3.05, 3.63) is 82.0 Å². The molecular weight excluding hydrogens is 440 g/mol. The Morgan fingerprint density at radius 1 is 0.917 bits per heavy atom. The van der Waals surface area contributed by atoms with E-state index < -0.39 is 0 Å². The number of pyridine rings is 1. The smallest absolute Gasteiger partial charge is 0.126 e. The van der Waals surface area contributed by atoms with E-state index in [-0.39, 0.29) is 0 Å². The molecule has 3 aromatic rings. The molecule has 190 valence electrons. The molecule has 2 aliphatic rings. The highest BCUT2D eigenvalue weighted by molar-refractivity contribution is 5.70. The summed E-state index contributed by atoms with van der Waals surface area (Å²) < 4.78 is 6.73. The summed E-state index contributed by atoms with van der Waals surface area (Å²) in [7, 11) is 0. The maximum atomic E-state index is 6.73. The molecule has 1 aromatic heterocycles. The lowest BCUT2D eigenvalue weighted by molar-refractivity contribution is 0.207. The Hall–Kier alpha value is -2.65. The summed E-state index contributed by atoms with van der Waals surface area (Å²) in [6, 6.07) is 18.3.